The van der Waals surface area contributed by atoms with Gasteiger partial charge in [-0.05, 0) is 78.5 Å². The first-order valence-corrected chi connectivity index (χ1v) is 11.6. The third-order valence-corrected chi connectivity index (χ3v) is 8.07. The molecule has 0 N–H and O–H groups in total. The van der Waals surface area contributed by atoms with E-state index in [1.54, 1.807) is 0 Å². The fourth-order valence-corrected chi connectivity index (χ4v) is 5.62. The van der Waals surface area contributed by atoms with Crippen LogP contribution in [-0.2, 0) is 21.0 Å². The van der Waals surface area contributed by atoms with Crippen molar-refractivity contribution in [1.82, 2.24) is 0 Å². The molecule has 0 aromatic heterocycles. The first-order valence-electron chi connectivity index (χ1n) is 7.72. The lowest BCUT2D eigenvalue weighted by Crippen LogP contribution is -2.21. The summed E-state index contributed by atoms with van der Waals surface area (Å²) < 4.78 is 59.9. The zero-order valence-corrected chi connectivity index (χ0v) is 18.4. The largest absolute Gasteiger partial charge is 0.741 e. The summed E-state index contributed by atoms with van der Waals surface area (Å²) in [5, 5.41) is 0. The highest BCUT2D eigenvalue weighted by atomic mass is 79.9. The van der Waals surface area contributed by atoms with Crippen LogP contribution >= 0.6 is 15.9 Å². The smallest absolute Gasteiger partial charge is 0.485 e. The predicted octanol–water partition coefficient (Wildman–Crippen LogP) is 5.36. The molecule has 0 aliphatic rings. The van der Waals surface area contributed by atoms with E-state index in [0.29, 0.717) is 0 Å². The molecule has 0 radical (unpaired) electrons. The molecule has 150 valence electrons. The highest BCUT2D eigenvalue weighted by Gasteiger charge is 2.36. The van der Waals surface area contributed by atoms with Crippen LogP contribution in [0.2, 0.25) is 0 Å². The summed E-state index contributed by atoms with van der Waals surface area (Å²) in [6, 6.07) is 13.2. The third kappa shape index (κ3) is 6.23. The minimum atomic E-state index is -6.09. The average molecular weight is 485 g/mol. The van der Waals surface area contributed by atoms with Gasteiger partial charge in [0.25, 0.3) is 0 Å². The Kier molecular flexibility index (Phi) is 8.40. The highest BCUT2D eigenvalue weighted by molar-refractivity contribution is 9.10. The van der Waals surface area contributed by atoms with E-state index >= 15 is 0 Å². The van der Waals surface area contributed by atoms with Gasteiger partial charge in [0.2, 0.25) is 0 Å². The molecule has 0 saturated heterocycles. The minimum Gasteiger partial charge on any atom is -0.741 e. The topological polar surface area (TPSA) is 57.2 Å². The molecular weight excluding hydrogens is 465 g/mol. The van der Waals surface area contributed by atoms with E-state index in [1.165, 1.54) is 32.0 Å². The van der Waals surface area contributed by atoms with E-state index < -0.39 is 15.6 Å². The molecule has 9 heteroatoms. The Hall–Kier alpha value is -1.03. The van der Waals surface area contributed by atoms with Gasteiger partial charge in [0, 0.05) is 5.56 Å². The monoisotopic (exact) mass is 484 g/mol. The van der Waals surface area contributed by atoms with Crippen molar-refractivity contribution in [2.45, 2.75) is 43.0 Å². The summed E-state index contributed by atoms with van der Waals surface area (Å²) >= 11 is 3.70. The first kappa shape index (κ1) is 24.0. The van der Waals surface area contributed by atoms with Gasteiger partial charge in [-0.15, -0.1) is 0 Å². The fraction of sp³-hybridized carbons (Fsp3) is 0.333. The van der Waals surface area contributed by atoms with Gasteiger partial charge >= 0.3 is 5.51 Å². The summed E-state index contributed by atoms with van der Waals surface area (Å²) in [4.78, 5) is 2.88. The number of rotatable bonds is 3. The average Bonchev–Trinajstić information content (AvgIpc) is 2.58. The van der Waals surface area contributed by atoms with Gasteiger partial charge in [0.05, 0.1) is 10.9 Å². The SMILES string of the molecule is Cc1cc([S+](CBr)c2ccccc2)c(C)c(C)c1C.O=S(=O)([O-])C(F)(F)F. The number of aryl methyl sites for hydroxylation is 1. The Morgan fingerprint density at radius 1 is 1.00 bits per heavy atom. The minimum absolute atomic E-state index is 0.118. The second-order valence-electron chi connectivity index (χ2n) is 5.78. The molecule has 0 amide bonds. The molecule has 1 atom stereocenters. The summed E-state index contributed by atoms with van der Waals surface area (Å²) in [5.74, 6) is 0. The van der Waals surface area contributed by atoms with Gasteiger partial charge < -0.3 is 4.55 Å². The molecule has 0 heterocycles. The summed E-state index contributed by atoms with van der Waals surface area (Å²) in [7, 11) is -5.97. The van der Waals surface area contributed by atoms with Crippen molar-refractivity contribution in [2.24, 2.45) is 0 Å². The van der Waals surface area contributed by atoms with E-state index in [9.17, 15) is 13.2 Å². The van der Waals surface area contributed by atoms with Crippen molar-refractivity contribution in [3.8, 4) is 0 Å². The standard InChI is InChI=1S/C17H20BrS.CHF3O3S/c1-12-10-17(15(4)14(3)13(12)2)19(11-18)16-8-6-5-7-9-16;2-1(3,4)8(5,6)7/h5-10H,11H2,1-4H3;(H,5,6,7)/q+1;/p-1. The summed E-state index contributed by atoms with van der Waals surface area (Å²) in [6.07, 6.45) is 0. The van der Waals surface area contributed by atoms with Crippen LogP contribution < -0.4 is 0 Å². The van der Waals surface area contributed by atoms with Gasteiger partial charge in [0.15, 0.2) is 24.6 Å². The Balaban J connectivity index is 0.000000387. The maximum absolute atomic E-state index is 10.7. The van der Waals surface area contributed by atoms with E-state index in [2.05, 4.69) is 80.0 Å². The molecule has 0 fully saturated rings. The lowest BCUT2D eigenvalue weighted by Gasteiger charge is -2.14. The maximum atomic E-state index is 10.7. The van der Waals surface area contributed by atoms with E-state index in [4.69, 9.17) is 13.0 Å². The van der Waals surface area contributed by atoms with Crippen LogP contribution in [0.1, 0.15) is 22.3 Å². The van der Waals surface area contributed by atoms with Crippen molar-refractivity contribution >= 4 is 36.9 Å². The lowest BCUT2D eigenvalue weighted by atomic mass is 10.00. The summed E-state index contributed by atoms with van der Waals surface area (Å²) in [6.45, 7) is 8.92. The molecule has 0 aliphatic carbocycles. The van der Waals surface area contributed by atoms with Crippen LogP contribution in [0, 0.1) is 27.7 Å². The highest BCUT2D eigenvalue weighted by Crippen LogP contribution is 2.32. The van der Waals surface area contributed by atoms with Crippen LogP contribution in [-0.4, -0.2) is 23.1 Å². The van der Waals surface area contributed by atoms with Crippen LogP contribution in [0.3, 0.4) is 0 Å². The normalized spacial score (nSPS) is 12.9. The second kappa shape index (κ2) is 9.45. The van der Waals surface area contributed by atoms with Gasteiger partial charge in [-0.25, -0.2) is 8.42 Å². The fourth-order valence-electron chi connectivity index (χ4n) is 2.26. The molecule has 0 aliphatic heterocycles. The zero-order valence-electron chi connectivity index (χ0n) is 15.2. The molecule has 1 unspecified atom stereocenters. The first-order chi connectivity index (χ1) is 12.3. The summed E-state index contributed by atoms with van der Waals surface area (Å²) in [5.41, 5.74) is 0.0477. The number of benzene rings is 2. The molecule has 0 bridgehead atoms. The van der Waals surface area contributed by atoms with Crippen molar-refractivity contribution < 1.29 is 26.1 Å². The molecule has 0 spiro atoms. The van der Waals surface area contributed by atoms with E-state index in [-0.39, 0.29) is 10.9 Å². The Morgan fingerprint density at radius 2 is 1.48 bits per heavy atom. The molecule has 2 aromatic carbocycles. The molecule has 0 saturated carbocycles. The van der Waals surface area contributed by atoms with Crippen LogP contribution in [0.25, 0.3) is 0 Å². The number of hydrogen-bond acceptors (Lipinski definition) is 3. The Morgan fingerprint density at radius 3 is 1.89 bits per heavy atom. The molecule has 2 rings (SSSR count). The number of hydrogen-bond donors (Lipinski definition) is 0. The van der Waals surface area contributed by atoms with Crippen LogP contribution in [0.15, 0.2) is 46.2 Å². The van der Waals surface area contributed by atoms with Crippen molar-refractivity contribution in [1.29, 1.82) is 0 Å². The van der Waals surface area contributed by atoms with Crippen molar-refractivity contribution in [2.75, 3.05) is 4.66 Å². The van der Waals surface area contributed by atoms with Crippen LogP contribution in [0.4, 0.5) is 13.2 Å². The quantitative estimate of drug-likeness (QED) is 0.255. The van der Waals surface area contributed by atoms with Crippen molar-refractivity contribution in [3.05, 3.63) is 58.7 Å². The van der Waals surface area contributed by atoms with Crippen LogP contribution in [0.5, 0.6) is 0 Å². The van der Waals surface area contributed by atoms with Gasteiger partial charge in [0.1, 0.15) is 0 Å². The Labute approximate surface area is 169 Å². The lowest BCUT2D eigenvalue weighted by molar-refractivity contribution is -0.0517. The Bertz CT molecular complexity index is 883. The molecular formula is C18H20BrF3O3S2. The van der Waals surface area contributed by atoms with E-state index in [0.717, 1.165) is 4.66 Å². The molecule has 27 heavy (non-hydrogen) atoms. The van der Waals surface area contributed by atoms with Crippen molar-refractivity contribution in [3.63, 3.8) is 0 Å². The number of halogens is 4. The predicted molar refractivity (Wildman–Crippen MR) is 105 cm³/mol. The van der Waals surface area contributed by atoms with Gasteiger partial charge in [-0.3, -0.25) is 0 Å². The number of alkyl halides is 4. The molecule has 3 nitrogen and oxygen atoms in total. The zero-order chi connectivity index (χ0) is 21.0. The van der Waals surface area contributed by atoms with E-state index in [1.807, 2.05) is 0 Å². The van der Waals surface area contributed by atoms with Gasteiger partial charge in [-0.2, -0.15) is 13.2 Å². The maximum Gasteiger partial charge on any atom is 0.485 e. The third-order valence-electron chi connectivity index (χ3n) is 4.12. The molecule has 2 aromatic rings. The van der Waals surface area contributed by atoms with Gasteiger partial charge in [-0.1, -0.05) is 18.2 Å². The second-order valence-corrected chi connectivity index (χ2v) is 10.4.